The fraction of sp³-hybridized carbons (Fsp3) is 0.103. The third-order valence-corrected chi connectivity index (χ3v) is 13.7. The molecule has 10 aromatic rings. The molecule has 1 aliphatic heterocycles. The van der Waals surface area contributed by atoms with E-state index in [-0.39, 0.29) is 10.8 Å². The normalized spacial score (nSPS) is 14.2. The minimum atomic E-state index is -0.242. The molecule has 0 atom stereocenters. The van der Waals surface area contributed by atoms with E-state index in [1.807, 2.05) is 0 Å². The zero-order chi connectivity index (χ0) is 41.0. The fourth-order valence-electron chi connectivity index (χ4n) is 10.5. The van der Waals surface area contributed by atoms with Crippen LogP contribution in [0.1, 0.15) is 50.1 Å². The van der Waals surface area contributed by atoms with Crippen molar-refractivity contribution in [3.05, 3.63) is 223 Å². The van der Waals surface area contributed by atoms with Crippen molar-refractivity contribution < 1.29 is 0 Å². The SMILES string of the molecule is CC1(C)c2cc(N(c3ccc(-c4ccccc4)cc3)c3ccc(-c4ccccc4)cc3)ccc2-c2ccc(-n3c4ccccc4c4cc5n(c43)-c3ccccc3C5(C)C)cc21. The van der Waals surface area contributed by atoms with E-state index in [9.17, 15) is 0 Å². The first-order valence-corrected chi connectivity index (χ1v) is 21.4. The van der Waals surface area contributed by atoms with Gasteiger partial charge in [0.25, 0.3) is 0 Å². The van der Waals surface area contributed by atoms with E-state index < -0.39 is 0 Å². The van der Waals surface area contributed by atoms with Gasteiger partial charge in [-0.25, -0.2) is 0 Å². The van der Waals surface area contributed by atoms with Crippen molar-refractivity contribution >= 4 is 39.0 Å². The molecule has 61 heavy (non-hydrogen) atoms. The van der Waals surface area contributed by atoms with Crippen LogP contribution in [-0.4, -0.2) is 9.13 Å². The first-order valence-electron chi connectivity index (χ1n) is 21.4. The average Bonchev–Trinajstić information content (AvgIpc) is 3.98. The molecule has 8 aromatic carbocycles. The van der Waals surface area contributed by atoms with E-state index in [2.05, 4.69) is 242 Å². The molecule has 0 radical (unpaired) electrons. The Hall–Kier alpha value is -7.36. The van der Waals surface area contributed by atoms with Gasteiger partial charge in [-0.05, 0) is 117 Å². The zero-order valence-electron chi connectivity index (χ0n) is 34.9. The third kappa shape index (κ3) is 5.23. The topological polar surface area (TPSA) is 13.1 Å². The van der Waals surface area contributed by atoms with E-state index >= 15 is 0 Å². The number of anilines is 3. The molecule has 3 nitrogen and oxygen atoms in total. The Balaban J connectivity index is 0.984. The zero-order valence-corrected chi connectivity index (χ0v) is 34.9. The Morgan fingerprint density at radius 3 is 1.56 bits per heavy atom. The third-order valence-electron chi connectivity index (χ3n) is 13.7. The van der Waals surface area contributed by atoms with Crippen molar-refractivity contribution in [1.29, 1.82) is 0 Å². The van der Waals surface area contributed by atoms with Gasteiger partial charge in [-0.15, -0.1) is 0 Å². The van der Waals surface area contributed by atoms with Crippen LogP contribution in [0.15, 0.2) is 200 Å². The van der Waals surface area contributed by atoms with E-state index in [0.29, 0.717) is 0 Å². The molecule has 12 rings (SSSR count). The standard InChI is InChI=1S/C58H45N3/c1-57(2)51-35-44(59(42-27-23-40(24-28-42)38-15-7-5-8-16-38)43-29-25-41(26-30-43)39-17-9-6-10-18-39)31-33-46(51)47-34-32-45(36-52(47)57)60-53-21-13-11-19-48(53)49-37-55-58(3,4)50-20-12-14-22-54(50)61(55)56(49)60/h5-37H,1-4H3. The highest BCUT2D eigenvalue weighted by molar-refractivity contribution is 6.10. The predicted octanol–water partition coefficient (Wildman–Crippen LogP) is 15.3. The predicted molar refractivity (Wildman–Crippen MR) is 255 cm³/mol. The summed E-state index contributed by atoms with van der Waals surface area (Å²) in [5.74, 6) is 0. The smallest absolute Gasteiger partial charge is 0.130 e. The van der Waals surface area contributed by atoms with Crippen LogP contribution < -0.4 is 4.90 Å². The number of aromatic nitrogens is 2. The molecule has 0 amide bonds. The van der Waals surface area contributed by atoms with Crippen LogP contribution in [0, 0.1) is 0 Å². The monoisotopic (exact) mass is 783 g/mol. The van der Waals surface area contributed by atoms with Gasteiger partial charge in [0, 0.05) is 50.0 Å². The summed E-state index contributed by atoms with van der Waals surface area (Å²) in [5.41, 5.74) is 20.8. The minimum absolute atomic E-state index is 0.0947. The van der Waals surface area contributed by atoms with Gasteiger partial charge in [-0.3, -0.25) is 9.13 Å². The summed E-state index contributed by atoms with van der Waals surface area (Å²) in [7, 11) is 0. The number of fused-ring (bicyclic) bond motifs is 10. The molecule has 292 valence electrons. The largest absolute Gasteiger partial charge is 0.310 e. The maximum Gasteiger partial charge on any atom is 0.130 e. The van der Waals surface area contributed by atoms with Crippen LogP contribution in [-0.2, 0) is 10.8 Å². The molecule has 0 N–H and O–H groups in total. The molecule has 0 fully saturated rings. The van der Waals surface area contributed by atoms with Crippen molar-refractivity contribution in [2.75, 3.05) is 4.90 Å². The lowest BCUT2D eigenvalue weighted by molar-refractivity contribution is 0.644. The molecule has 2 aliphatic rings. The number of benzene rings is 8. The molecular weight excluding hydrogens is 739 g/mol. The van der Waals surface area contributed by atoms with Gasteiger partial charge in [0.15, 0.2) is 0 Å². The van der Waals surface area contributed by atoms with Gasteiger partial charge in [-0.1, -0.05) is 161 Å². The number of nitrogens with zero attached hydrogens (tertiary/aromatic N) is 3. The second kappa shape index (κ2) is 13.1. The van der Waals surface area contributed by atoms with E-state index in [0.717, 1.165) is 17.1 Å². The van der Waals surface area contributed by atoms with Crippen molar-refractivity contribution in [1.82, 2.24) is 9.13 Å². The molecule has 0 saturated carbocycles. The Morgan fingerprint density at radius 1 is 0.377 bits per heavy atom. The van der Waals surface area contributed by atoms with Crippen LogP contribution >= 0.6 is 0 Å². The van der Waals surface area contributed by atoms with E-state index in [1.54, 1.807) is 0 Å². The van der Waals surface area contributed by atoms with Gasteiger partial charge in [0.05, 0.1) is 11.2 Å². The lowest BCUT2D eigenvalue weighted by Gasteiger charge is -2.28. The molecule has 3 heteroatoms. The Bertz CT molecular complexity index is 3240. The highest BCUT2D eigenvalue weighted by Crippen LogP contribution is 2.53. The molecular formula is C58H45N3. The molecule has 0 spiro atoms. The summed E-state index contributed by atoms with van der Waals surface area (Å²) in [6.45, 7) is 9.52. The minimum Gasteiger partial charge on any atom is -0.310 e. The second-order valence-corrected chi connectivity index (χ2v) is 17.8. The van der Waals surface area contributed by atoms with Gasteiger partial charge in [0.1, 0.15) is 5.65 Å². The Labute approximate surface area is 357 Å². The van der Waals surface area contributed by atoms with Gasteiger partial charge >= 0.3 is 0 Å². The van der Waals surface area contributed by atoms with Crippen molar-refractivity contribution in [3.63, 3.8) is 0 Å². The van der Waals surface area contributed by atoms with Gasteiger partial charge in [0.2, 0.25) is 0 Å². The fourth-order valence-corrected chi connectivity index (χ4v) is 10.5. The molecule has 3 heterocycles. The van der Waals surface area contributed by atoms with Crippen LogP contribution in [0.25, 0.3) is 66.7 Å². The molecule has 1 aliphatic carbocycles. The van der Waals surface area contributed by atoms with Crippen molar-refractivity contribution in [2.24, 2.45) is 0 Å². The number of hydrogen-bond acceptors (Lipinski definition) is 1. The number of hydrogen-bond donors (Lipinski definition) is 0. The summed E-state index contributed by atoms with van der Waals surface area (Å²) < 4.78 is 5.04. The summed E-state index contributed by atoms with van der Waals surface area (Å²) >= 11 is 0. The van der Waals surface area contributed by atoms with Crippen molar-refractivity contribution in [2.45, 2.75) is 38.5 Å². The summed E-state index contributed by atoms with van der Waals surface area (Å²) in [6, 6.07) is 73.8. The number of para-hydroxylation sites is 2. The van der Waals surface area contributed by atoms with Gasteiger partial charge < -0.3 is 4.90 Å². The highest BCUT2D eigenvalue weighted by atomic mass is 15.2. The first-order chi connectivity index (χ1) is 29.8. The quantitative estimate of drug-likeness (QED) is 0.164. The van der Waals surface area contributed by atoms with Crippen LogP contribution in [0.4, 0.5) is 17.1 Å². The summed E-state index contributed by atoms with van der Waals surface area (Å²) in [6.07, 6.45) is 0. The van der Waals surface area contributed by atoms with E-state index in [4.69, 9.17) is 0 Å². The average molecular weight is 784 g/mol. The van der Waals surface area contributed by atoms with Crippen molar-refractivity contribution in [3.8, 4) is 44.8 Å². The lowest BCUT2D eigenvalue weighted by Crippen LogP contribution is -2.17. The summed E-state index contributed by atoms with van der Waals surface area (Å²) in [5, 5.41) is 2.59. The molecule has 0 bridgehead atoms. The maximum atomic E-state index is 2.53. The molecule has 2 aromatic heterocycles. The van der Waals surface area contributed by atoms with Crippen LogP contribution in [0.5, 0.6) is 0 Å². The molecule has 0 saturated heterocycles. The number of rotatable bonds is 6. The Morgan fingerprint density at radius 2 is 0.902 bits per heavy atom. The first kappa shape index (κ1) is 35.6. The van der Waals surface area contributed by atoms with Gasteiger partial charge in [-0.2, -0.15) is 0 Å². The Kier molecular flexibility index (Phi) is 7.62. The van der Waals surface area contributed by atoms with E-state index in [1.165, 1.54) is 89.1 Å². The summed E-state index contributed by atoms with van der Waals surface area (Å²) in [4.78, 5) is 2.41. The van der Waals surface area contributed by atoms with Crippen LogP contribution in [0.3, 0.4) is 0 Å². The lowest BCUT2D eigenvalue weighted by atomic mass is 9.82. The molecule has 0 unspecified atom stereocenters. The second-order valence-electron chi connectivity index (χ2n) is 17.8. The maximum absolute atomic E-state index is 2.53. The highest BCUT2D eigenvalue weighted by Gasteiger charge is 2.40. The van der Waals surface area contributed by atoms with Crippen LogP contribution in [0.2, 0.25) is 0 Å².